The van der Waals surface area contributed by atoms with Gasteiger partial charge in [-0.05, 0) is 12.1 Å². The molecule has 2 rings (SSSR count). The molecule has 0 spiro atoms. The normalized spacial score (nSPS) is 10.4. The van der Waals surface area contributed by atoms with Crippen LogP contribution < -0.4 is 5.73 Å². The maximum atomic E-state index is 5.63. The van der Waals surface area contributed by atoms with Crippen LogP contribution in [0, 0.1) is 0 Å². The van der Waals surface area contributed by atoms with Gasteiger partial charge in [-0.15, -0.1) is 0 Å². The van der Waals surface area contributed by atoms with Gasteiger partial charge in [0.1, 0.15) is 0 Å². The third-order valence-corrected chi connectivity index (χ3v) is 1.50. The second-order valence-corrected chi connectivity index (χ2v) is 2.14. The number of anilines is 1. The molecule has 0 radical (unpaired) electrons. The van der Waals surface area contributed by atoms with E-state index in [9.17, 15) is 0 Å². The summed E-state index contributed by atoms with van der Waals surface area (Å²) >= 11 is 0. The van der Waals surface area contributed by atoms with Crippen LogP contribution in [0.25, 0.3) is 5.52 Å². The van der Waals surface area contributed by atoms with Gasteiger partial charge in [-0.1, -0.05) is 0 Å². The number of nitrogens with two attached hydrogens (primary N) is 1. The zero-order valence-corrected chi connectivity index (χ0v) is 5.36. The van der Waals surface area contributed by atoms with E-state index in [-0.39, 0.29) is 0 Å². The minimum Gasteiger partial charge on any atom is -0.397 e. The van der Waals surface area contributed by atoms with Gasteiger partial charge < -0.3 is 10.1 Å². The molecular formula is C7H7N3. The molecule has 0 amide bonds. The van der Waals surface area contributed by atoms with Gasteiger partial charge >= 0.3 is 0 Å². The molecule has 0 aliphatic carbocycles. The summed E-state index contributed by atoms with van der Waals surface area (Å²) in [6.07, 6.45) is 5.34. The predicted octanol–water partition coefficient (Wildman–Crippen LogP) is 0.917. The van der Waals surface area contributed by atoms with Gasteiger partial charge in [0.2, 0.25) is 0 Å². The van der Waals surface area contributed by atoms with Crippen molar-refractivity contribution >= 4 is 11.2 Å². The fourth-order valence-electron chi connectivity index (χ4n) is 0.982. The lowest BCUT2D eigenvalue weighted by atomic mass is 10.4. The minimum atomic E-state index is 0.794. The number of rotatable bonds is 0. The molecule has 0 saturated carbocycles. The summed E-state index contributed by atoms with van der Waals surface area (Å²) < 4.78 is 1.88. The van der Waals surface area contributed by atoms with E-state index in [4.69, 9.17) is 5.73 Å². The first-order chi connectivity index (χ1) is 4.88. The average Bonchev–Trinajstić information content (AvgIpc) is 2.34. The zero-order chi connectivity index (χ0) is 6.97. The number of nitrogens with zero attached hydrogens (tertiary/aromatic N) is 2. The molecule has 2 aromatic heterocycles. The highest BCUT2D eigenvalue weighted by molar-refractivity contribution is 5.69. The van der Waals surface area contributed by atoms with Crippen LogP contribution in [0.3, 0.4) is 0 Å². The van der Waals surface area contributed by atoms with Gasteiger partial charge in [0.05, 0.1) is 17.5 Å². The Morgan fingerprint density at radius 1 is 1.40 bits per heavy atom. The molecule has 0 atom stereocenters. The first-order valence-corrected chi connectivity index (χ1v) is 3.04. The van der Waals surface area contributed by atoms with Crippen LogP contribution in [-0.4, -0.2) is 9.38 Å². The summed E-state index contributed by atoms with van der Waals surface area (Å²) in [5.41, 5.74) is 7.43. The van der Waals surface area contributed by atoms with E-state index in [1.807, 2.05) is 22.7 Å². The van der Waals surface area contributed by atoms with Crippen molar-refractivity contribution in [2.45, 2.75) is 0 Å². The second kappa shape index (κ2) is 1.73. The SMILES string of the molecule is Nc1ccn2cnccc12. The Bertz CT molecular complexity index is 350. The average molecular weight is 133 g/mol. The smallest absolute Gasteiger partial charge is 0.0991 e. The lowest BCUT2D eigenvalue weighted by molar-refractivity contribution is 1.10. The van der Waals surface area contributed by atoms with E-state index in [0.29, 0.717) is 0 Å². The van der Waals surface area contributed by atoms with Gasteiger partial charge in [-0.25, -0.2) is 4.98 Å². The molecule has 0 saturated heterocycles. The summed E-state index contributed by atoms with van der Waals surface area (Å²) in [5.74, 6) is 0. The van der Waals surface area contributed by atoms with Gasteiger partial charge in [0.25, 0.3) is 0 Å². The molecule has 0 aliphatic heterocycles. The van der Waals surface area contributed by atoms with Crippen LogP contribution in [0.4, 0.5) is 5.69 Å². The molecular weight excluding hydrogens is 126 g/mol. The molecule has 50 valence electrons. The maximum Gasteiger partial charge on any atom is 0.0991 e. The lowest BCUT2D eigenvalue weighted by Gasteiger charge is -1.90. The molecule has 0 bridgehead atoms. The Morgan fingerprint density at radius 3 is 3.10 bits per heavy atom. The van der Waals surface area contributed by atoms with Gasteiger partial charge in [0, 0.05) is 12.4 Å². The van der Waals surface area contributed by atoms with E-state index < -0.39 is 0 Å². The molecule has 2 aromatic rings. The fourth-order valence-corrected chi connectivity index (χ4v) is 0.982. The molecule has 0 unspecified atom stereocenters. The Labute approximate surface area is 58.1 Å². The standard InChI is InChI=1S/C7H7N3/c8-6-2-4-10-5-9-3-1-7(6)10/h1-5H,8H2. The molecule has 2 N–H and O–H groups in total. The fraction of sp³-hybridized carbons (Fsp3) is 0. The highest BCUT2D eigenvalue weighted by atomic mass is 14.9. The topological polar surface area (TPSA) is 43.3 Å². The van der Waals surface area contributed by atoms with Crippen LogP contribution in [0.5, 0.6) is 0 Å². The summed E-state index contributed by atoms with van der Waals surface area (Å²) in [4.78, 5) is 3.93. The van der Waals surface area contributed by atoms with Crippen LogP contribution in [0.1, 0.15) is 0 Å². The Morgan fingerprint density at radius 2 is 2.30 bits per heavy atom. The van der Waals surface area contributed by atoms with Crippen LogP contribution in [-0.2, 0) is 0 Å². The molecule has 0 aliphatic rings. The van der Waals surface area contributed by atoms with Gasteiger partial charge in [-0.2, -0.15) is 0 Å². The largest absolute Gasteiger partial charge is 0.397 e. The molecule has 0 fully saturated rings. The van der Waals surface area contributed by atoms with E-state index in [1.165, 1.54) is 0 Å². The van der Waals surface area contributed by atoms with Crippen molar-refractivity contribution in [3.63, 3.8) is 0 Å². The summed E-state index contributed by atoms with van der Waals surface area (Å²) in [7, 11) is 0. The van der Waals surface area contributed by atoms with E-state index in [0.717, 1.165) is 11.2 Å². The zero-order valence-electron chi connectivity index (χ0n) is 5.36. The first kappa shape index (κ1) is 5.29. The van der Waals surface area contributed by atoms with Crippen molar-refractivity contribution < 1.29 is 0 Å². The quantitative estimate of drug-likeness (QED) is 0.580. The third kappa shape index (κ3) is 0.572. The Hall–Kier alpha value is -1.51. The first-order valence-electron chi connectivity index (χ1n) is 3.04. The van der Waals surface area contributed by atoms with E-state index in [1.54, 1.807) is 12.5 Å². The van der Waals surface area contributed by atoms with Crippen LogP contribution in [0.15, 0.2) is 30.9 Å². The summed E-state index contributed by atoms with van der Waals surface area (Å²) in [6.45, 7) is 0. The monoisotopic (exact) mass is 133 g/mol. The van der Waals surface area contributed by atoms with Crippen molar-refractivity contribution in [2.24, 2.45) is 0 Å². The number of hydrogen-bond acceptors (Lipinski definition) is 2. The van der Waals surface area contributed by atoms with Crippen molar-refractivity contribution in [3.05, 3.63) is 30.9 Å². The summed E-state index contributed by atoms with van der Waals surface area (Å²) in [6, 6.07) is 3.74. The van der Waals surface area contributed by atoms with E-state index >= 15 is 0 Å². The number of fused-ring (bicyclic) bond motifs is 1. The van der Waals surface area contributed by atoms with Gasteiger partial charge in [0.15, 0.2) is 0 Å². The number of aromatic nitrogens is 2. The van der Waals surface area contributed by atoms with Crippen molar-refractivity contribution in [2.75, 3.05) is 5.73 Å². The van der Waals surface area contributed by atoms with Crippen molar-refractivity contribution in [1.82, 2.24) is 9.38 Å². The highest BCUT2D eigenvalue weighted by Crippen LogP contribution is 2.11. The lowest BCUT2D eigenvalue weighted by Crippen LogP contribution is -1.85. The highest BCUT2D eigenvalue weighted by Gasteiger charge is 1.93. The van der Waals surface area contributed by atoms with Crippen LogP contribution >= 0.6 is 0 Å². The third-order valence-electron chi connectivity index (χ3n) is 1.50. The molecule has 2 heterocycles. The molecule has 3 nitrogen and oxygen atoms in total. The minimum absolute atomic E-state index is 0.794. The van der Waals surface area contributed by atoms with Gasteiger partial charge in [-0.3, -0.25) is 0 Å². The second-order valence-electron chi connectivity index (χ2n) is 2.14. The predicted molar refractivity (Wildman–Crippen MR) is 39.6 cm³/mol. The van der Waals surface area contributed by atoms with E-state index in [2.05, 4.69) is 4.98 Å². The number of nitrogen functional groups attached to an aromatic ring is 1. The Balaban J connectivity index is 2.93. The molecule has 0 aromatic carbocycles. The summed E-state index contributed by atoms with van der Waals surface area (Å²) in [5, 5.41) is 0. The Kier molecular flexibility index (Phi) is 0.917. The van der Waals surface area contributed by atoms with Crippen LogP contribution in [0.2, 0.25) is 0 Å². The molecule has 10 heavy (non-hydrogen) atoms. The number of hydrogen-bond donors (Lipinski definition) is 1. The molecule has 3 heteroatoms. The van der Waals surface area contributed by atoms with Crippen molar-refractivity contribution in [3.8, 4) is 0 Å². The van der Waals surface area contributed by atoms with Crippen molar-refractivity contribution in [1.29, 1.82) is 0 Å². The maximum absolute atomic E-state index is 5.63.